The Labute approximate surface area is 213 Å². The highest BCUT2D eigenvalue weighted by Crippen LogP contribution is 2.27. The van der Waals surface area contributed by atoms with Crippen LogP contribution >= 0.6 is 0 Å². The number of carbonyl (C=O) groups is 4. The molecule has 0 saturated heterocycles. The van der Waals surface area contributed by atoms with Crippen LogP contribution in [0, 0.1) is 0 Å². The van der Waals surface area contributed by atoms with Gasteiger partial charge in [-0.05, 0) is 47.5 Å². The Hall–Kier alpha value is -4.78. The second-order valence-electron chi connectivity index (χ2n) is 8.86. The number of imide groups is 1. The Kier molecular flexibility index (Phi) is 6.51. The number of carbonyl (C=O) groups excluding carboxylic acids is 4. The predicted octanol–water partition coefficient (Wildman–Crippen LogP) is 4.62. The second kappa shape index (κ2) is 10.1. The van der Waals surface area contributed by atoms with Gasteiger partial charge in [-0.1, -0.05) is 72.8 Å². The van der Waals surface area contributed by atoms with Gasteiger partial charge in [0.2, 0.25) is 0 Å². The van der Waals surface area contributed by atoms with Gasteiger partial charge < -0.3 is 10.1 Å². The maximum Gasteiger partial charge on any atom is 0.330 e. The monoisotopic (exact) mass is 492 g/mol. The summed E-state index contributed by atoms with van der Waals surface area (Å²) in [7, 11) is 0. The first kappa shape index (κ1) is 23.9. The summed E-state index contributed by atoms with van der Waals surface area (Å²) >= 11 is 0. The number of benzene rings is 4. The fraction of sp³-hybridized carbons (Fsp3) is 0.133. The molecule has 1 heterocycles. The van der Waals surface area contributed by atoms with Crippen molar-refractivity contribution in [3.63, 3.8) is 0 Å². The van der Waals surface area contributed by atoms with Gasteiger partial charge in [0.05, 0.1) is 11.1 Å². The smallest absolute Gasteiger partial charge is 0.330 e. The van der Waals surface area contributed by atoms with Crippen molar-refractivity contribution in [3.05, 3.63) is 114 Å². The number of rotatable bonds is 7. The van der Waals surface area contributed by atoms with Crippen LogP contribution in [0.25, 0.3) is 10.8 Å². The van der Waals surface area contributed by atoms with Crippen molar-refractivity contribution >= 4 is 40.2 Å². The highest BCUT2D eigenvalue weighted by molar-refractivity contribution is 6.22. The van der Waals surface area contributed by atoms with Crippen LogP contribution in [0.15, 0.2) is 97.1 Å². The number of hydrogen-bond donors (Lipinski definition) is 1. The van der Waals surface area contributed by atoms with Gasteiger partial charge >= 0.3 is 5.97 Å². The van der Waals surface area contributed by atoms with Crippen LogP contribution in [-0.4, -0.2) is 40.7 Å². The van der Waals surface area contributed by atoms with Gasteiger partial charge in [0.1, 0.15) is 6.04 Å². The number of fused-ring (bicyclic) bond motifs is 2. The molecule has 0 aromatic heterocycles. The van der Waals surface area contributed by atoms with Gasteiger partial charge in [-0.3, -0.25) is 19.3 Å². The summed E-state index contributed by atoms with van der Waals surface area (Å²) in [5.41, 5.74) is 1.78. The molecule has 1 aliphatic rings. The van der Waals surface area contributed by atoms with Crippen LogP contribution in [0.1, 0.15) is 33.2 Å². The molecule has 2 atom stereocenters. The predicted molar refractivity (Wildman–Crippen MR) is 139 cm³/mol. The molecule has 0 aliphatic carbocycles. The van der Waals surface area contributed by atoms with Gasteiger partial charge in [0, 0.05) is 12.1 Å². The number of hydrogen-bond acceptors (Lipinski definition) is 5. The summed E-state index contributed by atoms with van der Waals surface area (Å²) in [6, 6.07) is 27.5. The van der Waals surface area contributed by atoms with Gasteiger partial charge in [-0.2, -0.15) is 0 Å². The van der Waals surface area contributed by atoms with Gasteiger partial charge in [0.25, 0.3) is 17.7 Å². The third-order valence-corrected chi connectivity index (χ3v) is 6.36. The van der Waals surface area contributed by atoms with E-state index >= 15 is 0 Å². The molecule has 1 N–H and O–H groups in total. The van der Waals surface area contributed by atoms with Crippen molar-refractivity contribution in [1.82, 2.24) is 4.90 Å². The highest BCUT2D eigenvalue weighted by Gasteiger charge is 2.44. The molecule has 4 aromatic rings. The number of nitrogens with zero attached hydrogens (tertiary/aromatic N) is 1. The number of ether oxygens (including phenoxy) is 1. The van der Waals surface area contributed by atoms with Crippen LogP contribution in [0.4, 0.5) is 5.69 Å². The van der Waals surface area contributed by atoms with E-state index in [0.29, 0.717) is 5.69 Å². The molecule has 7 nitrogen and oxygen atoms in total. The summed E-state index contributed by atoms with van der Waals surface area (Å²) in [5.74, 6) is -2.48. The standard InChI is InChI=1S/C30H24N2O5/c1-19(27(33)31-23-16-15-21-11-5-6-12-22(21)18-23)37-30(36)26(17-20-9-3-2-4-10-20)32-28(34)24-13-7-8-14-25(24)29(32)35/h2-16,18-19,26H,17H2,1H3,(H,31,33)/t19-,26-/m0/s1. The van der Waals surface area contributed by atoms with Crippen molar-refractivity contribution in [2.75, 3.05) is 5.32 Å². The molecule has 0 fully saturated rings. The first-order valence-electron chi connectivity index (χ1n) is 11.9. The van der Waals surface area contributed by atoms with E-state index in [2.05, 4.69) is 5.32 Å². The lowest BCUT2D eigenvalue weighted by atomic mass is 10.0. The summed E-state index contributed by atoms with van der Waals surface area (Å²) in [5, 5.41) is 4.75. The maximum absolute atomic E-state index is 13.4. The van der Waals surface area contributed by atoms with Crippen molar-refractivity contribution < 1.29 is 23.9 Å². The average molecular weight is 493 g/mol. The zero-order chi connectivity index (χ0) is 25.9. The Bertz CT molecular complexity index is 1480. The Morgan fingerprint density at radius 2 is 1.38 bits per heavy atom. The van der Waals surface area contributed by atoms with Crippen LogP contribution in [0.3, 0.4) is 0 Å². The van der Waals surface area contributed by atoms with Crippen molar-refractivity contribution in [3.8, 4) is 0 Å². The summed E-state index contributed by atoms with van der Waals surface area (Å²) in [4.78, 5) is 53.4. The highest BCUT2D eigenvalue weighted by atomic mass is 16.5. The average Bonchev–Trinajstić information content (AvgIpc) is 3.17. The van der Waals surface area contributed by atoms with Crippen LogP contribution in [0.2, 0.25) is 0 Å². The Morgan fingerprint density at radius 3 is 2.05 bits per heavy atom. The third kappa shape index (κ3) is 4.84. The molecule has 0 unspecified atom stereocenters. The van der Waals surface area contributed by atoms with E-state index in [0.717, 1.165) is 21.2 Å². The summed E-state index contributed by atoms with van der Waals surface area (Å²) < 4.78 is 5.52. The van der Waals surface area contributed by atoms with E-state index in [4.69, 9.17) is 4.74 Å². The topological polar surface area (TPSA) is 92.8 Å². The lowest BCUT2D eigenvalue weighted by molar-refractivity contribution is -0.157. The SMILES string of the molecule is C[C@H](OC(=O)[C@H](Cc1ccccc1)N1C(=O)c2ccccc2C1=O)C(=O)Nc1ccc2ccccc2c1. The lowest BCUT2D eigenvalue weighted by Crippen LogP contribution is -2.48. The summed E-state index contributed by atoms with van der Waals surface area (Å²) in [6.45, 7) is 1.45. The van der Waals surface area contributed by atoms with Crippen LogP contribution < -0.4 is 5.32 Å². The zero-order valence-electron chi connectivity index (χ0n) is 20.1. The minimum Gasteiger partial charge on any atom is -0.451 e. The molecule has 1 aliphatic heterocycles. The lowest BCUT2D eigenvalue weighted by Gasteiger charge is -2.26. The van der Waals surface area contributed by atoms with Gasteiger partial charge in [0.15, 0.2) is 6.10 Å². The Morgan fingerprint density at radius 1 is 0.784 bits per heavy atom. The maximum atomic E-state index is 13.4. The molecule has 0 radical (unpaired) electrons. The fourth-order valence-corrected chi connectivity index (χ4v) is 4.43. The molecule has 0 bridgehead atoms. The molecule has 4 aromatic carbocycles. The minimum atomic E-state index is -1.23. The molecule has 184 valence electrons. The van der Waals surface area contributed by atoms with E-state index in [9.17, 15) is 19.2 Å². The Balaban J connectivity index is 1.35. The largest absolute Gasteiger partial charge is 0.451 e. The molecule has 3 amide bonds. The molecule has 37 heavy (non-hydrogen) atoms. The number of nitrogens with one attached hydrogen (secondary N) is 1. The van der Waals surface area contributed by atoms with Crippen LogP contribution in [0.5, 0.6) is 0 Å². The van der Waals surface area contributed by atoms with Crippen molar-refractivity contribution in [2.45, 2.75) is 25.5 Å². The van der Waals surface area contributed by atoms with E-state index in [1.165, 1.54) is 6.92 Å². The molecular weight excluding hydrogens is 468 g/mol. The quantitative estimate of drug-likeness (QED) is 0.300. The summed E-state index contributed by atoms with van der Waals surface area (Å²) in [6.07, 6.45) is -1.10. The third-order valence-electron chi connectivity index (χ3n) is 6.36. The van der Waals surface area contributed by atoms with E-state index in [1.807, 2.05) is 42.5 Å². The molecule has 0 saturated carbocycles. The second-order valence-corrected chi connectivity index (χ2v) is 8.86. The van der Waals surface area contributed by atoms with E-state index in [-0.39, 0.29) is 17.5 Å². The zero-order valence-corrected chi connectivity index (χ0v) is 20.1. The van der Waals surface area contributed by atoms with E-state index < -0.39 is 35.8 Å². The van der Waals surface area contributed by atoms with E-state index in [1.54, 1.807) is 54.6 Å². The number of esters is 1. The number of amides is 3. The van der Waals surface area contributed by atoms with Crippen molar-refractivity contribution in [2.24, 2.45) is 0 Å². The van der Waals surface area contributed by atoms with Crippen LogP contribution in [-0.2, 0) is 20.7 Å². The molecule has 7 heteroatoms. The molecule has 0 spiro atoms. The normalized spacial score (nSPS) is 14.2. The van der Waals surface area contributed by atoms with Crippen molar-refractivity contribution in [1.29, 1.82) is 0 Å². The first-order valence-corrected chi connectivity index (χ1v) is 11.9. The van der Waals surface area contributed by atoms with Gasteiger partial charge in [-0.15, -0.1) is 0 Å². The molecule has 5 rings (SSSR count). The first-order chi connectivity index (χ1) is 17.9. The van der Waals surface area contributed by atoms with Gasteiger partial charge in [-0.25, -0.2) is 4.79 Å². The number of anilines is 1. The fourth-order valence-electron chi connectivity index (χ4n) is 4.43. The minimum absolute atomic E-state index is 0.0597. The molecular formula is C30H24N2O5.